The molecule has 7 aromatic carbocycles. The van der Waals surface area contributed by atoms with Gasteiger partial charge in [-0.3, -0.25) is 0 Å². The summed E-state index contributed by atoms with van der Waals surface area (Å²) in [6.45, 7) is 4.42. The van der Waals surface area contributed by atoms with E-state index in [4.69, 9.17) is 5.73 Å². The Bertz CT molecular complexity index is 2120. The molecule has 41 heavy (non-hydrogen) atoms. The van der Waals surface area contributed by atoms with E-state index in [-0.39, 0.29) is 0 Å². The molecule has 0 radical (unpaired) electrons. The van der Waals surface area contributed by atoms with Crippen molar-refractivity contribution >= 4 is 54.2 Å². The summed E-state index contributed by atoms with van der Waals surface area (Å²) in [7, 11) is 0. The molecule has 0 bridgehead atoms. The van der Waals surface area contributed by atoms with Gasteiger partial charge >= 0.3 is 0 Å². The third-order valence-electron chi connectivity index (χ3n) is 8.04. The molecular weight excluding hydrogens is 494 g/mol. The highest BCUT2D eigenvalue weighted by molar-refractivity contribution is 6.20. The van der Waals surface area contributed by atoms with Crippen molar-refractivity contribution in [3.8, 4) is 11.1 Å². The second kappa shape index (κ2) is 10.3. The van der Waals surface area contributed by atoms with Gasteiger partial charge in [0.1, 0.15) is 0 Å². The van der Waals surface area contributed by atoms with Gasteiger partial charge in [0.2, 0.25) is 0 Å². The lowest BCUT2D eigenvalue weighted by atomic mass is 9.85. The lowest BCUT2D eigenvalue weighted by Gasteiger charge is -2.18. The second-order valence-corrected chi connectivity index (χ2v) is 10.4. The number of nitrogens with two attached hydrogens (primary N) is 1. The first-order valence-electron chi connectivity index (χ1n) is 13.9. The van der Waals surface area contributed by atoms with Crippen LogP contribution in [0, 0.1) is 0 Å². The summed E-state index contributed by atoms with van der Waals surface area (Å²) in [4.78, 5) is 0. The molecule has 194 valence electrons. The Morgan fingerprint density at radius 2 is 1.07 bits per heavy atom. The van der Waals surface area contributed by atoms with Crippen LogP contribution >= 0.6 is 0 Å². The molecule has 0 heterocycles. The molecule has 0 atom stereocenters. The van der Waals surface area contributed by atoms with Crippen LogP contribution < -0.4 is 5.73 Å². The van der Waals surface area contributed by atoms with Gasteiger partial charge in [-0.2, -0.15) is 0 Å². The Balaban J connectivity index is 1.41. The molecule has 2 N–H and O–H groups in total. The molecule has 0 saturated carbocycles. The van der Waals surface area contributed by atoms with Gasteiger partial charge in [0.25, 0.3) is 0 Å². The summed E-state index contributed by atoms with van der Waals surface area (Å²) in [5, 5.41) is 9.63. The van der Waals surface area contributed by atoms with E-state index in [1.165, 1.54) is 54.2 Å². The Morgan fingerprint density at radius 3 is 1.76 bits per heavy atom. The molecule has 0 aliphatic heterocycles. The Kier molecular flexibility index (Phi) is 6.18. The van der Waals surface area contributed by atoms with Gasteiger partial charge in [0.15, 0.2) is 0 Å². The van der Waals surface area contributed by atoms with E-state index in [1.54, 1.807) is 6.20 Å². The summed E-state index contributed by atoms with van der Waals surface area (Å²) in [6.07, 6.45) is 5.91. The van der Waals surface area contributed by atoms with Crippen molar-refractivity contribution in [3.63, 3.8) is 0 Å². The molecule has 0 fully saturated rings. The highest BCUT2D eigenvalue weighted by atomic mass is 14.5. The van der Waals surface area contributed by atoms with Crippen molar-refractivity contribution in [2.24, 2.45) is 5.73 Å². The number of benzene rings is 7. The first-order valence-corrected chi connectivity index (χ1v) is 13.9. The third-order valence-corrected chi connectivity index (χ3v) is 8.04. The van der Waals surface area contributed by atoms with Gasteiger partial charge in [-0.1, -0.05) is 146 Å². The Labute approximate surface area is 240 Å². The summed E-state index contributed by atoms with van der Waals surface area (Å²) >= 11 is 0. The summed E-state index contributed by atoms with van der Waals surface area (Å²) in [5.74, 6) is 0. The van der Waals surface area contributed by atoms with E-state index >= 15 is 0 Å². The highest BCUT2D eigenvalue weighted by Gasteiger charge is 2.17. The number of hydrogen-bond donors (Lipinski definition) is 1. The average molecular weight is 524 g/mol. The van der Waals surface area contributed by atoms with Gasteiger partial charge < -0.3 is 5.73 Å². The van der Waals surface area contributed by atoms with Crippen LogP contribution in [0.15, 0.2) is 158 Å². The summed E-state index contributed by atoms with van der Waals surface area (Å²) in [6, 6.07) is 47.4. The van der Waals surface area contributed by atoms with E-state index in [1.807, 2.05) is 0 Å². The highest BCUT2D eigenvalue weighted by Crippen LogP contribution is 2.42. The van der Waals surface area contributed by atoms with Crippen LogP contribution in [0.1, 0.15) is 11.1 Å². The zero-order chi connectivity index (χ0) is 27.8. The minimum Gasteiger partial charge on any atom is -0.404 e. The van der Waals surface area contributed by atoms with Crippen LogP contribution in [0.25, 0.3) is 65.4 Å². The average Bonchev–Trinajstić information content (AvgIpc) is 3.04. The maximum absolute atomic E-state index is 6.37. The number of rotatable bonds is 5. The number of fused-ring (bicyclic) bond motifs is 4. The van der Waals surface area contributed by atoms with Crippen molar-refractivity contribution in [1.82, 2.24) is 0 Å². The molecule has 0 aliphatic carbocycles. The molecule has 1 heteroatoms. The third kappa shape index (κ3) is 4.29. The molecule has 0 amide bonds. The molecule has 0 spiro atoms. The summed E-state index contributed by atoms with van der Waals surface area (Å²) < 4.78 is 0. The zero-order valence-electron chi connectivity index (χ0n) is 22.7. The standard InChI is InChI=1S/C40H29N/c1-27(33-20-10-14-29-12-4-5-15-34(29)33)21-22-32(26-41)40-37-18-8-6-16-35(37)39(36-17-7-9-19-38(36)40)31-24-23-28-11-2-3-13-30(28)25-31/h2-26H,1,41H2/b22-21-,32-26+. The van der Waals surface area contributed by atoms with E-state index in [9.17, 15) is 0 Å². The number of allylic oxidation sites excluding steroid dienone is 4. The van der Waals surface area contributed by atoms with Gasteiger partial charge in [-0.05, 0) is 82.6 Å². The fraction of sp³-hybridized carbons (Fsp3) is 0. The van der Waals surface area contributed by atoms with Crippen LogP contribution in [0.2, 0.25) is 0 Å². The molecule has 0 aromatic heterocycles. The van der Waals surface area contributed by atoms with Gasteiger partial charge in [0.05, 0.1) is 0 Å². The van der Waals surface area contributed by atoms with Crippen LogP contribution in [-0.4, -0.2) is 0 Å². The molecular formula is C40H29N. The normalized spacial score (nSPS) is 12.1. The van der Waals surface area contributed by atoms with E-state index in [2.05, 4.69) is 152 Å². The lowest BCUT2D eigenvalue weighted by molar-refractivity contribution is 1.59. The monoisotopic (exact) mass is 523 g/mol. The minimum absolute atomic E-state index is 0.947. The first-order chi connectivity index (χ1) is 20.2. The first kappa shape index (κ1) is 24.6. The fourth-order valence-corrected chi connectivity index (χ4v) is 6.10. The van der Waals surface area contributed by atoms with Crippen molar-refractivity contribution in [2.45, 2.75) is 0 Å². The van der Waals surface area contributed by atoms with Crippen LogP contribution in [-0.2, 0) is 0 Å². The van der Waals surface area contributed by atoms with E-state index in [0.29, 0.717) is 0 Å². The maximum atomic E-state index is 6.37. The van der Waals surface area contributed by atoms with Gasteiger partial charge in [-0.15, -0.1) is 0 Å². The molecule has 7 rings (SSSR count). The van der Waals surface area contributed by atoms with Crippen molar-refractivity contribution in [1.29, 1.82) is 0 Å². The van der Waals surface area contributed by atoms with E-state index in [0.717, 1.165) is 22.3 Å². The largest absolute Gasteiger partial charge is 0.404 e. The molecule has 0 aliphatic rings. The van der Waals surface area contributed by atoms with Crippen molar-refractivity contribution in [3.05, 3.63) is 170 Å². The topological polar surface area (TPSA) is 26.0 Å². The van der Waals surface area contributed by atoms with Crippen molar-refractivity contribution < 1.29 is 0 Å². The van der Waals surface area contributed by atoms with Crippen LogP contribution in [0.4, 0.5) is 0 Å². The minimum atomic E-state index is 0.947. The second-order valence-electron chi connectivity index (χ2n) is 10.4. The molecule has 7 aromatic rings. The molecule has 1 nitrogen and oxygen atoms in total. The zero-order valence-corrected chi connectivity index (χ0v) is 22.7. The van der Waals surface area contributed by atoms with Gasteiger partial charge in [-0.25, -0.2) is 0 Å². The molecule has 0 saturated heterocycles. The SMILES string of the molecule is C=C(/C=C\C(=C/N)c1c2ccccc2c(-c2ccc3ccccc3c2)c2ccccc12)c1cccc2ccccc12. The quantitative estimate of drug-likeness (QED) is 0.176. The number of hydrogen-bond acceptors (Lipinski definition) is 1. The Morgan fingerprint density at radius 1 is 0.512 bits per heavy atom. The van der Waals surface area contributed by atoms with Crippen LogP contribution in [0.5, 0.6) is 0 Å². The predicted octanol–water partition coefficient (Wildman–Crippen LogP) is 10.5. The summed E-state index contributed by atoms with van der Waals surface area (Å²) in [5.41, 5.74) is 13.0. The molecule has 0 unspecified atom stereocenters. The smallest absolute Gasteiger partial charge is 0.00180 e. The Hall–Kier alpha value is -5.40. The van der Waals surface area contributed by atoms with E-state index < -0.39 is 0 Å². The fourth-order valence-electron chi connectivity index (χ4n) is 6.10. The van der Waals surface area contributed by atoms with Crippen LogP contribution in [0.3, 0.4) is 0 Å². The van der Waals surface area contributed by atoms with Crippen molar-refractivity contribution in [2.75, 3.05) is 0 Å². The maximum Gasteiger partial charge on any atom is 0.00180 e. The lowest BCUT2D eigenvalue weighted by Crippen LogP contribution is -1.95. The predicted molar refractivity (Wildman–Crippen MR) is 179 cm³/mol. The van der Waals surface area contributed by atoms with Gasteiger partial charge in [0, 0.05) is 6.20 Å².